The van der Waals surface area contributed by atoms with Crippen LogP contribution in [0.4, 0.5) is 0 Å². The molecule has 1 aliphatic rings. The molecule has 0 bridgehead atoms. The Morgan fingerprint density at radius 2 is 2.19 bits per heavy atom. The smallest absolute Gasteiger partial charge is 0.120 e. The van der Waals surface area contributed by atoms with Crippen LogP contribution in [0.25, 0.3) is 0 Å². The molecule has 1 saturated carbocycles. The third-order valence-electron chi connectivity index (χ3n) is 3.54. The molecule has 0 saturated heterocycles. The molecule has 1 aliphatic carbocycles. The van der Waals surface area contributed by atoms with E-state index in [4.69, 9.17) is 0 Å². The second kappa shape index (κ2) is 6.69. The highest BCUT2D eigenvalue weighted by molar-refractivity contribution is 4.85. The summed E-state index contributed by atoms with van der Waals surface area (Å²) in [6, 6.07) is 0. The second-order valence-corrected chi connectivity index (χ2v) is 4.86. The summed E-state index contributed by atoms with van der Waals surface area (Å²) < 4.78 is 0. The maximum absolute atomic E-state index is 4.19. The van der Waals surface area contributed by atoms with Crippen LogP contribution in [0.15, 0.2) is 12.4 Å². The van der Waals surface area contributed by atoms with E-state index in [1.807, 2.05) is 6.20 Å². The topological polar surface area (TPSA) is 40.7 Å². The van der Waals surface area contributed by atoms with Crippen molar-refractivity contribution < 1.29 is 0 Å². The van der Waals surface area contributed by atoms with Gasteiger partial charge in [0.15, 0.2) is 0 Å². The lowest BCUT2D eigenvalue weighted by molar-refractivity contribution is 0.330. The Labute approximate surface area is 98.1 Å². The van der Waals surface area contributed by atoms with Crippen LogP contribution in [-0.4, -0.2) is 16.5 Å². The maximum atomic E-state index is 4.19. The lowest BCUT2D eigenvalue weighted by Gasteiger charge is -2.21. The van der Waals surface area contributed by atoms with Crippen LogP contribution in [-0.2, 0) is 6.54 Å². The van der Waals surface area contributed by atoms with E-state index in [-0.39, 0.29) is 0 Å². The molecule has 0 aromatic carbocycles. The fourth-order valence-corrected chi connectivity index (χ4v) is 2.59. The van der Waals surface area contributed by atoms with Gasteiger partial charge in [-0.15, -0.1) is 0 Å². The number of rotatable bonds is 6. The Balaban J connectivity index is 1.48. The molecule has 1 aromatic heterocycles. The summed E-state index contributed by atoms with van der Waals surface area (Å²) in [5.41, 5.74) is 0. The zero-order valence-electron chi connectivity index (χ0n) is 10.0. The van der Waals surface area contributed by atoms with E-state index in [1.165, 1.54) is 44.9 Å². The fraction of sp³-hybridized carbons (Fsp3) is 0.769. The van der Waals surface area contributed by atoms with E-state index in [2.05, 4.69) is 15.3 Å². The van der Waals surface area contributed by atoms with Gasteiger partial charge in [0.25, 0.3) is 0 Å². The molecular formula is C13H23N3. The fourth-order valence-electron chi connectivity index (χ4n) is 2.59. The van der Waals surface area contributed by atoms with E-state index >= 15 is 0 Å². The molecule has 90 valence electrons. The molecule has 3 nitrogen and oxygen atoms in total. The first-order valence-electron chi connectivity index (χ1n) is 6.64. The summed E-state index contributed by atoms with van der Waals surface area (Å²) in [5, 5.41) is 3.43. The Kier molecular flexibility index (Phi) is 4.87. The Morgan fingerprint density at radius 1 is 1.31 bits per heavy atom. The molecule has 0 spiro atoms. The van der Waals surface area contributed by atoms with Gasteiger partial charge in [0.1, 0.15) is 5.82 Å². The number of imidazole rings is 1. The quantitative estimate of drug-likeness (QED) is 0.725. The zero-order chi connectivity index (χ0) is 11.1. The van der Waals surface area contributed by atoms with Crippen molar-refractivity contribution in [1.29, 1.82) is 0 Å². The van der Waals surface area contributed by atoms with E-state index in [9.17, 15) is 0 Å². The van der Waals surface area contributed by atoms with Crippen LogP contribution < -0.4 is 5.32 Å². The summed E-state index contributed by atoms with van der Waals surface area (Å²) in [6.45, 7) is 1.99. The third-order valence-corrected chi connectivity index (χ3v) is 3.54. The van der Waals surface area contributed by atoms with E-state index in [0.717, 1.165) is 24.8 Å². The van der Waals surface area contributed by atoms with Crippen molar-refractivity contribution in [2.75, 3.05) is 6.54 Å². The standard InChI is InChI=1S/C13H23N3/c1-2-5-12(6-3-1)7-4-8-14-11-13-15-9-10-16-13/h9-10,12,14H,1-8,11H2,(H,15,16). The van der Waals surface area contributed by atoms with Gasteiger partial charge in [-0.25, -0.2) is 4.98 Å². The van der Waals surface area contributed by atoms with Gasteiger partial charge in [-0.1, -0.05) is 32.1 Å². The molecule has 0 atom stereocenters. The minimum absolute atomic E-state index is 0.873. The van der Waals surface area contributed by atoms with Gasteiger partial charge in [0, 0.05) is 12.4 Å². The van der Waals surface area contributed by atoms with E-state index in [1.54, 1.807) is 6.20 Å². The highest BCUT2D eigenvalue weighted by Gasteiger charge is 2.12. The largest absolute Gasteiger partial charge is 0.348 e. The van der Waals surface area contributed by atoms with Crippen LogP contribution >= 0.6 is 0 Å². The number of H-pyrrole nitrogens is 1. The molecule has 2 rings (SSSR count). The van der Waals surface area contributed by atoms with Crippen LogP contribution in [0.3, 0.4) is 0 Å². The number of nitrogens with zero attached hydrogens (tertiary/aromatic N) is 1. The monoisotopic (exact) mass is 221 g/mol. The first kappa shape index (κ1) is 11.6. The lowest BCUT2D eigenvalue weighted by Crippen LogP contribution is -2.17. The number of aromatic nitrogens is 2. The van der Waals surface area contributed by atoms with E-state index in [0.29, 0.717) is 0 Å². The van der Waals surface area contributed by atoms with Gasteiger partial charge in [-0.3, -0.25) is 0 Å². The van der Waals surface area contributed by atoms with E-state index < -0.39 is 0 Å². The van der Waals surface area contributed by atoms with Gasteiger partial charge in [0.2, 0.25) is 0 Å². The molecule has 0 amide bonds. The summed E-state index contributed by atoms with van der Waals surface area (Å²) in [4.78, 5) is 7.29. The first-order chi connectivity index (χ1) is 7.95. The average Bonchev–Trinajstić information content (AvgIpc) is 2.83. The Morgan fingerprint density at radius 3 is 2.94 bits per heavy atom. The molecule has 1 heterocycles. The highest BCUT2D eigenvalue weighted by atomic mass is 15.0. The lowest BCUT2D eigenvalue weighted by atomic mass is 9.86. The molecule has 0 radical (unpaired) electrons. The van der Waals surface area contributed by atoms with Crippen molar-refractivity contribution in [3.8, 4) is 0 Å². The molecule has 2 N–H and O–H groups in total. The van der Waals surface area contributed by atoms with Crippen LogP contribution in [0, 0.1) is 5.92 Å². The third kappa shape index (κ3) is 3.97. The molecule has 16 heavy (non-hydrogen) atoms. The van der Waals surface area contributed by atoms with Crippen LogP contribution in [0.2, 0.25) is 0 Å². The molecular weight excluding hydrogens is 198 g/mol. The van der Waals surface area contributed by atoms with Gasteiger partial charge in [-0.05, 0) is 25.3 Å². The van der Waals surface area contributed by atoms with Crippen molar-refractivity contribution in [3.05, 3.63) is 18.2 Å². The van der Waals surface area contributed by atoms with Crippen molar-refractivity contribution >= 4 is 0 Å². The number of nitrogens with one attached hydrogen (secondary N) is 2. The van der Waals surface area contributed by atoms with Crippen LogP contribution in [0.5, 0.6) is 0 Å². The summed E-state index contributed by atoms with van der Waals surface area (Å²) in [6.07, 6.45) is 13.7. The summed E-state index contributed by atoms with van der Waals surface area (Å²) in [5.74, 6) is 2.05. The predicted octanol–water partition coefficient (Wildman–Crippen LogP) is 2.86. The van der Waals surface area contributed by atoms with Crippen molar-refractivity contribution in [3.63, 3.8) is 0 Å². The molecule has 1 fully saturated rings. The Hall–Kier alpha value is -0.830. The van der Waals surface area contributed by atoms with Crippen LogP contribution in [0.1, 0.15) is 50.8 Å². The number of hydrogen-bond acceptors (Lipinski definition) is 2. The van der Waals surface area contributed by atoms with Gasteiger partial charge in [0.05, 0.1) is 6.54 Å². The molecule has 1 aromatic rings. The first-order valence-corrected chi connectivity index (χ1v) is 6.64. The SMILES string of the molecule is c1c[nH]c(CNCCCC2CCCCC2)n1. The van der Waals surface area contributed by atoms with Crippen molar-refractivity contribution in [1.82, 2.24) is 15.3 Å². The summed E-state index contributed by atoms with van der Waals surface area (Å²) in [7, 11) is 0. The minimum Gasteiger partial charge on any atom is -0.348 e. The van der Waals surface area contributed by atoms with Gasteiger partial charge < -0.3 is 10.3 Å². The second-order valence-electron chi connectivity index (χ2n) is 4.86. The Bertz CT molecular complexity index is 263. The van der Waals surface area contributed by atoms with Gasteiger partial charge >= 0.3 is 0 Å². The van der Waals surface area contributed by atoms with Crippen molar-refractivity contribution in [2.24, 2.45) is 5.92 Å². The normalized spacial score (nSPS) is 17.8. The minimum atomic E-state index is 0.873. The molecule has 0 aliphatic heterocycles. The van der Waals surface area contributed by atoms with Gasteiger partial charge in [-0.2, -0.15) is 0 Å². The summed E-state index contributed by atoms with van der Waals surface area (Å²) >= 11 is 0. The molecule has 3 heteroatoms. The predicted molar refractivity (Wildman–Crippen MR) is 66.1 cm³/mol. The average molecular weight is 221 g/mol. The maximum Gasteiger partial charge on any atom is 0.120 e. The van der Waals surface area contributed by atoms with Crippen molar-refractivity contribution in [2.45, 2.75) is 51.5 Å². The number of hydrogen-bond donors (Lipinski definition) is 2. The highest BCUT2D eigenvalue weighted by Crippen LogP contribution is 2.26. The number of aromatic amines is 1. The molecule has 0 unspecified atom stereocenters. The zero-order valence-corrected chi connectivity index (χ0v) is 10.0.